The van der Waals surface area contributed by atoms with Crippen molar-refractivity contribution in [2.45, 2.75) is 45.9 Å². The molecule has 0 rings (SSSR count). The summed E-state index contributed by atoms with van der Waals surface area (Å²) in [7, 11) is -0.471. The van der Waals surface area contributed by atoms with Gasteiger partial charge in [-0.1, -0.05) is 14.8 Å². The Hall–Kier alpha value is -1.20. The highest BCUT2D eigenvalue weighted by atomic mass is 31.1. The van der Waals surface area contributed by atoms with Crippen molar-refractivity contribution in [1.82, 2.24) is 5.32 Å². The first kappa shape index (κ1) is 20.8. The summed E-state index contributed by atoms with van der Waals surface area (Å²) in [4.78, 5) is 31.4. The number of carboxylic acid groups (broad SMARTS) is 1. The lowest BCUT2D eigenvalue weighted by Gasteiger charge is -2.22. The van der Waals surface area contributed by atoms with Crippen LogP contribution in [0.4, 0.5) is 0 Å². The third kappa shape index (κ3) is 10.5. The first-order valence-corrected chi connectivity index (χ1v) is 9.17. The molecule has 0 bridgehead atoms. The molecule has 128 valence electrons. The van der Waals surface area contributed by atoms with Crippen LogP contribution in [-0.4, -0.2) is 55.0 Å². The van der Waals surface area contributed by atoms with Gasteiger partial charge in [-0.3, -0.25) is 19.7 Å². The van der Waals surface area contributed by atoms with Gasteiger partial charge in [0.15, 0.2) is 0 Å². The number of carbonyl (C=O) groups excluding carboxylic acids is 2. The molecule has 0 aromatic heterocycles. The predicted octanol–water partition coefficient (Wildman–Crippen LogP) is 1.60. The van der Waals surface area contributed by atoms with Gasteiger partial charge < -0.3 is 14.6 Å². The standard InChI is InChI=1S/C14H26NO6P/c1-11(14(18)19)4-6-22(7-5-12(2)20-9-16)8-15-13(3)21-10-17/h9-13,15H,4-8H2,1-3H3,(H,18,19). The highest BCUT2D eigenvalue weighted by Crippen LogP contribution is 2.37. The first-order valence-electron chi connectivity index (χ1n) is 7.27. The molecule has 2 N–H and O–H groups in total. The SMILES string of the molecule is CC(CCP(CCC(C)C(=O)O)CNC(C)OC=O)OC=O. The van der Waals surface area contributed by atoms with Crippen molar-refractivity contribution in [3.63, 3.8) is 0 Å². The molecular weight excluding hydrogens is 309 g/mol. The average molecular weight is 335 g/mol. The maximum atomic E-state index is 10.9. The Kier molecular flexibility index (Phi) is 11.7. The van der Waals surface area contributed by atoms with Crippen LogP contribution in [0.3, 0.4) is 0 Å². The van der Waals surface area contributed by atoms with E-state index in [1.807, 2.05) is 6.92 Å². The molecule has 7 nitrogen and oxygen atoms in total. The molecule has 22 heavy (non-hydrogen) atoms. The molecule has 8 heteroatoms. The summed E-state index contributed by atoms with van der Waals surface area (Å²) in [5.41, 5.74) is 0. The molecule has 0 heterocycles. The second-order valence-electron chi connectivity index (χ2n) is 5.21. The highest BCUT2D eigenvalue weighted by Gasteiger charge is 2.17. The molecule has 0 aliphatic rings. The van der Waals surface area contributed by atoms with Crippen molar-refractivity contribution in [2.75, 3.05) is 18.6 Å². The molecule has 0 fully saturated rings. The molecule has 0 aliphatic heterocycles. The Morgan fingerprint density at radius 1 is 1.14 bits per heavy atom. The number of carbonyl (C=O) groups is 3. The lowest BCUT2D eigenvalue weighted by molar-refractivity contribution is -0.141. The highest BCUT2D eigenvalue weighted by molar-refractivity contribution is 7.57. The summed E-state index contributed by atoms with van der Waals surface area (Å²) in [6.45, 7) is 6.09. The molecule has 0 radical (unpaired) electrons. The molecule has 0 aliphatic carbocycles. The number of aliphatic carboxylic acids is 1. The number of hydrogen-bond donors (Lipinski definition) is 2. The van der Waals surface area contributed by atoms with Crippen molar-refractivity contribution >= 4 is 26.8 Å². The minimum Gasteiger partial charge on any atom is -0.481 e. The van der Waals surface area contributed by atoms with Gasteiger partial charge in [-0.25, -0.2) is 0 Å². The van der Waals surface area contributed by atoms with Gasteiger partial charge >= 0.3 is 5.97 Å². The summed E-state index contributed by atoms with van der Waals surface area (Å²) < 4.78 is 9.64. The minimum atomic E-state index is -0.793. The van der Waals surface area contributed by atoms with Crippen LogP contribution in [0.5, 0.6) is 0 Å². The second-order valence-corrected chi connectivity index (χ2v) is 7.77. The van der Waals surface area contributed by atoms with Gasteiger partial charge in [0.05, 0.1) is 12.0 Å². The molecule has 4 atom stereocenters. The fraction of sp³-hybridized carbons (Fsp3) is 0.786. The first-order chi connectivity index (χ1) is 10.4. The van der Waals surface area contributed by atoms with Gasteiger partial charge in [-0.15, -0.1) is 0 Å². The maximum Gasteiger partial charge on any atom is 0.306 e. The van der Waals surface area contributed by atoms with E-state index in [2.05, 4.69) is 5.32 Å². The van der Waals surface area contributed by atoms with Gasteiger partial charge in [0.1, 0.15) is 6.23 Å². The van der Waals surface area contributed by atoms with E-state index in [1.54, 1.807) is 13.8 Å². The van der Waals surface area contributed by atoms with Gasteiger partial charge in [-0.05, 0) is 39.0 Å². The molecule has 0 amide bonds. The van der Waals surface area contributed by atoms with Crippen LogP contribution in [0.25, 0.3) is 0 Å². The zero-order chi connectivity index (χ0) is 17.0. The Bertz CT molecular complexity index is 321. The van der Waals surface area contributed by atoms with Gasteiger partial charge in [0.2, 0.25) is 0 Å². The topological polar surface area (TPSA) is 102 Å². The Morgan fingerprint density at radius 3 is 2.27 bits per heavy atom. The summed E-state index contributed by atoms with van der Waals surface area (Å²) in [5.74, 6) is -1.17. The lowest BCUT2D eigenvalue weighted by Crippen LogP contribution is -2.29. The van der Waals surface area contributed by atoms with E-state index < -0.39 is 13.9 Å². The van der Waals surface area contributed by atoms with Crippen LogP contribution in [0.15, 0.2) is 0 Å². The van der Waals surface area contributed by atoms with Crippen LogP contribution < -0.4 is 5.32 Å². The molecule has 0 saturated carbocycles. The zero-order valence-electron chi connectivity index (χ0n) is 13.4. The summed E-state index contributed by atoms with van der Waals surface area (Å²) in [5, 5.41) is 12.1. The van der Waals surface area contributed by atoms with Gasteiger partial charge in [0, 0.05) is 6.29 Å². The fourth-order valence-corrected chi connectivity index (χ4v) is 4.22. The summed E-state index contributed by atoms with van der Waals surface area (Å²) >= 11 is 0. The van der Waals surface area contributed by atoms with Crippen molar-refractivity contribution in [1.29, 1.82) is 0 Å². The maximum absolute atomic E-state index is 10.9. The Balaban J connectivity index is 4.31. The van der Waals surface area contributed by atoms with Crippen LogP contribution in [0, 0.1) is 5.92 Å². The van der Waals surface area contributed by atoms with Crippen LogP contribution >= 0.6 is 7.92 Å². The van der Waals surface area contributed by atoms with E-state index in [4.69, 9.17) is 14.6 Å². The third-order valence-electron chi connectivity index (χ3n) is 3.30. The van der Waals surface area contributed by atoms with Crippen molar-refractivity contribution in [3.8, 4) is 0 Å². The van der Waals surface area contributed by atoms with Gasteiger partial charge in [-0.2, -0.15) is 0 Å². The summed E-state index contributed by atoms with van der Waals surface area (Å²) in [6.07, 6.45) is 3.15. The largest absolute Gasteiger partial charge is 0.481 e. The Labute approximate surface area is 132 Å². The third-order valence-corrected chi connectivity index (χ3v) is 5.71. The predicted molar refractivity (Wildman–Crippen MR) is 83.9 cm³/mol. The minimum absolute atomic E-state index is 0.150. The Morgan fingerprint density at radius 2 is 1.73 bits per heavy atom. The van der Waals surface area contributed by atoms with Gasteiger partial charge in [0.25, 0.3) is 12.9 Å². The smallest absolute Gasteiger partial charge is 0.306 e. The molecular formula is C14H26NO6P. The second kappa shape index (κ2) is 12.4. The van der Waals surface area contributed by atoms with E-state index in [0.717, 1.165) is 18.7 Å². The molecule has 0 aromatic carbocycles. The number of rotatable bonds is 14. The van der Waals surface area contributed by atoms with Crippen molar-refractivity contribution in [2.24, 2.45) is 5.92 Å². The van der Waals surface area contributed by atoms with E-state index in [1.165, 1.54) is 0 Å². The van der Waals surface area contributed by atoms with E-state index >= 15 is 0 Å². The average Bonchev–Trinajstić information content (AvgIpc) is 2.46. The number of nitrogens with one attached hydrogen (secondary N) is 1. The van der Waals surface area contributed by atoms with E-state index in [0.29, 0.717) is 25.7 Å². The van der Waals surface area contributed by atoms with E-state index in [-0.39, 0.29) is 18.2 Å². The van der Waals surface area contributed by atoms with E-state index in [9.17, 15) is 14.4 Å². The van der Waals surface area contributed by atoms with Crippen molar-refractivity contribution < 1.29 is 29.0 Å². The fourth-order valence-electron chi connectivity index (χ4n) is 1.69. The normalized spacial score (nSPS) is 16.1. The van der Waals surface area contributed by atoms with Crippen molar-refractivity contribution in [3.05, 3.63) is 0 Å². The number of ether oxygens (including phenoxy) is 2. The quantitative estimate of drug-likeness (QED) is 0.282. The lowest BCUT2D eigenvalue weighted by atomic mass is 10.1. The number of hydrogen-bond acceptors (Lipinski definition) is 6. The summed E-state index contributed by atoms with van der Waals surface area (Å²) in [6, 6.07) is 0. The number of carboxylic acids is 1. The molecule has 0 spiro atoms. The zero-order valence-corrected chi connectivity index (χ0v) is 14.3. The van der Waals surface area contributed by atoms with Crippen LogP contribution in [0.1, 0.15) is 33.6 Å². The van der Waals surface area contributed by atoms with Crippen LogP contribution in [0.2, 0.25) is 0 Å². The van der Waals surface area contributed by atoms with Crippen LogP contribution in [-0.2, 0) is 23.9 Å². The molecule has 0 aromatic rings. The monoisotopic (exact) mass is 335 g/mol. The molecule has 0 saturated heterocycles. The molecule has 4 unspecified atom stereocenters.